The summed E-state index contributed by atoms with van der Waals surface area (Å²) in [6, 6.07) is 3.72. The number of anilines is 1. The lowest BCUT2D eigenvalue weighted by molar-refractivity contribution is -0.137. The molecule has 0 amide bonds. The topological polar surface area (TPSA) is 30.5 Å². The molecule has 0 saturated heterocycles. The predicted molar refractivity (Wildman–Crippen MR) is 66.5 cm³/mol. The standard InChI is InChI=1S/C13H19F2NO2/c1-3-17-13(18-4-2)7-8-16-10-5-6-11(14)12(15)9-10/h5-6,9,13,16H,3-4,7-8H2,1-2H3. The first-order chi connectivity index (χ1) is 8.67. The van der Waals surface area contributed by atoms with Crippen molar-refractivity contribution >= 4 is 5.69 Å². The maximum atomic E-state index is 12.9. The highest BCUT2D eigenvalue weighted by molar-refractivity contribution is 5.43. The lowest BCUT2D eigenvalue weighted by Crippen LogP contribution is -2.21. The summed E-state index contributed by atoms with van der Waals surface area (Å²) in [7, 11) is 0. The quantitative estimate of drug-likeness (QED) is 0.727. The molecule has 0 aromatic heterocycles. The van der Waals surface area contributed by atoms with Crippen molar-refractivity contribution in [2.24, 2.45) is 0 Å². The first-order valence-electron chi connectivity index (χ1n) is 6.09. The Bertz CT molecular complexity index is 355. The number of hydrogen-bond donors (Lipinski definition) is 1. The highest BCUT2D eigenvalue weighted by Crippen LogP contribution is 2.13. The van der Waals surface area contributed by atoms with Crippen LogP contribution in [0.15, 0.2) is 18.2 Å². The van der Waals surface area contributed by atoms with Crippen molar-refractivity contribution in [2.45, 2.75) is 26.6 Å². The molecule has 1 aromatic rings. The molecule has 1 N–H and O–H groups in total. The largest absolute Gasteiger partial charge is 0.385 e. The lowest BCUT2D eigenvalue weighted by atomic mass is 10.3. The van der Waals surface area contributed by atoms with E-state index in [1.807, 2.05) is 13.8 Å². The zero-order valence-electron chi connectivity index (χ0n) is 10.7. The van der Waals surface area contributed by atoms with E-state index in [-0.39, 0.29) is 6.29 Å². The van der Waals surface area contributed by atoms with Gasteiger partial charge in [0.15, 0.2) is 17.9 Å². The number of ether oxygens (including phenoxy) is 2. The first-order valence-corrected chi connectivity index (χ1v) is 6.09. The number of halogens is 2. The van der Waals surface area contributed by atoms with E-state index in [1.165, 1.54) is 6.07 Å². The van der Waals surface area contributed by atoms with Crippen LogP contribution in [0.4, 0.5) is 14.5 Å². The normalized spacial score (nSPS) is 10.9. The van der Waals surface area contributed by atoms with E-state index in [9.17, 15) is 8.78 Å². The lowest BCUT2D eigenvalue weighted by Gasteiger charge is -2.17. The van der Waals surface area contributed by atoms with Crippen molar-refractivity contribution in [3.05, 3.63) is 29.8 Å². The zero-order valence-corrected chi connectivity index (χ0v) is 10.7. The van der Waals surface area contributed by atoms with Gasteiger partial charge in [-0.15, -0.1) is 0 Å². The van der Waals surface area contributed by atoms with Crippen LogP contribution in [0.3, 0.4) is 0 Å². The Morgan fingerprint density at radius 3 is 2.33 bits per heavy atom. The van der Waals surface area contributed by atoms with Gasteiger partial charge < -0.3 is 14.8 Å². The predicted octanol–water partition coefficient (Wildman–Crippen LogP) is 3.17. The third kappa shape index (κ3) is 4.98. The Morgan fingerprint density at radius 1 is 1.11 bits per heavy atom. The summed E-state index contributed by atoms with van der Waals surface area (Å²) in [6.07, 6.45) is 0.374. The minimum absolute atomic E-state index is 0.266. The summed E-state index contributed by atoms with van der Waals surface area (Å²) < 4.78 is 36.4. The van der Waals surface area contributed by atoms with E-state index in [4.69, 9.17) is 9.47 Å². The molecule has 1 aromatic carbocycles. The Hall–Kier alpha value is -1.20. The number of rotatable bonds is 8. The summed E-state index contributed by atoms with van der Waals surface area (Å²) in [4.78, 5) is 0. The molecule has 5 heteroatoms. The molecule has 1 rings (SSSR count). The Kier molecular flexibility index (Phi) is 6.60. The smallest absolute Gasteiger partial charge is 0.160 e. The summed E-state index contributed by atoms with van der Waals surface area (Å²) in [5, 5.41) is 2.99. The van der Waals surface area contributed by atoms with Gasteiger partial charge in [-0.3, -0.25) is 0 Å². The van der Waals surface area contributed by atoms with Crippen molar-refractivity contribution < 1.29 is 18.3 Å². The minimum atomic E-state index is -0.855. The SMILES string of the molecule is CCOC(CCNc1ccc(F)c(F)c1)OCC. The minimum Gasteiger partial charge on any atom is -0.385 e. The van der Waals surface area contributed by atoms with Crippen molar-refractivity contribution in [3.63, 3.8) is 0 Å². The first kappa shape index (κ1) is 14.9. The van der Waals surface area contributed by atoms with Crippen LogP contribution in [0.1, 0.15) is 20.3 Å². The summed E-state index contributed by atoms with van der Waals surface area (Å²) >= 11 is 0. The highest BCUT2D eigenvalue weighted by atomic mass is 19.2. The van der Waals surface area contributed by atoms with Gasteiger partial charge in [0.05, 0.1) is 0 Å². The van der Waals surface area contributed by atoms with E-state index >= 15 is 0 Å². The average molecular weight is 259 g/mol. The van der Waals surface area contributed by atoms with Gasteiger partial charge in [-0.1, -0.05) is 0 Å². The second-order valence-electron chi connectivity index (χ2n) is 3.68. The summed E-state index contributed by atoms with van der Waals surface area (Å²) in [5.41, 5.74) is 0.542. The van der Waals surface area contributed by atoms with Gasteiger partial charge in [0.2, 0.25) is 0 Å². The Morgan fingerprint density at radius 2 is 1.78 bits per heavy atom. The molecule has 18 heavy (non-hydrogen) atoms. The molecule has 0 radical (unpaired) electrons. The fraction of sp³-hybridized carbons (Fsp3) is 0.538. The van der Waals surface area contributed by atoms with Gasteiger partial charge >= 0.3 is 0 Å². The molecule has 0 spiro atoms. The van der Waals surface area contributed by atoms with Crippen LogP contribution in [0.25, 0.3) is 0 Å². The number of hydrogen-bond acceptors (Lipinski definition) is 3. The van der Waals surface area contributed by atoms with Crippen molar-refractivity contribution in [3.8, 4) is 0 Å². The van der Waals surface area contributed by atoms with Crippen LogP contribution in [-0.2, 0) is 9.47 Å². The molecule has 3 nitrogen and oxygen atoms in total. The van der Waals surface area contributed by atoms with E-state index in [2.05, 4.69) is 5.32 Å². The van der Waals surface area contributed by atoms with Crippen LogP contribution in [-0.4, -0.2) is 26.0 Å². The second-order valence-corrected chi connectivity index (χ2v) is 3.68. The van der Waals surface area contributed by atoms with Crippen LogP contribution in [0.5, 0.6) is 0 Å². The Balaban J connectivity index is 2.37. The fourth-order valence-electron chi connectivity index (χ4n) is 1.53. The van der Waals surface area contributed by atoms with Crippen LogP contribution in [0.2, 0.25) is 0 Å². The third-order valence-electron chi connectivity index (χ3n) is 2.33. The van der Waals surface area contributed by atoms with E-state index < -0.39 is 11.6 Å². The van der Waals surface area contributed by atoms with Gasteiger partial charge in [0, 0.05) is 31.9 Å². The molecule has 0 heterocycles. The molecule has 0 aliphatic carbocycles. The zero-order chi connectivity index (χ0) is 13.4. The highest BCUT2D eigenvalue weighted by Gasteiger charge is 2.07. The summed E-state index contributed by atoms with van der Waals surface area (Å²) in [5.74, 6) is -1.70. The van der Waals surface area contributed by atoms with Crippen LogP contribution < -0.4 is 5.32 Å². The molecule has 0 atom stereocenters. The van der Waals surface area contributed by atoms with Gasteiger partial charge in [0.25, 0.3) is 0 Å². The Labute approximate surface area is 106 Å². The van der Waals surface area contributed by atoms with Gasteiger partial charge in [-0.2, -0.15) is 0 Å². The van der Waals surface area contributed by atoms with Crippen molar-refractivity contribution in [1.82, 2.24) is 0 Å². The molecular formula is C13H19F2NO2. The molecule has 102 valence electrons. The monoisotopic (exact) mass is 259 g/mol. The van der Waals surface area contributed by atoms with E-state index in [0.717, 1.165) is 12.1 Å². The average Bonchev–Trinajstić information content (AvgIpc) is 2.34. The number of nitrogens with one attached hydrogen (secondary N) is 1. The maximum absolute atomic E-state index is 12.9. The molecule has 0 aliphatic rings. The van der Waals surface area contributed by atoms with E-state index in [1.54, 1.807) is 0 Å². The second kappa shape index (κ2) is 8.00. The number of benzene rings is 1. The van der Waals surface area contributed by atoms with Gasteiger partial charge in [-0.05, 0) is 32.0 Å². The van der Waals surface area contributed by atoms with E-state index in [0.29, 0.717) is 31.9 Å². The molecule has 0 fully saturated rings. The van der Waals surface area contributed by atoms with Crippen LogP contribution in [0, 0.1) is 11.6 Å². The fourth-order valence-corrected chi connectivity index (χ4v) is 1.53. The van der Waals surface area contributed by atoms with Crippen molar-refractivity contribution in [1.29, 1.82) is 0 Å². The molecule has 0 bridgehead atoms. The van der Waals surface area contributed by atoms with Gasteiger partial charge in [0.1, 0.15) is 0 Å². The van der Waals surface area contributed by atoms with Crippen molar-refractivity contribution in [2.75, 3.05) is 25.1 Å². The molecule has 0 unspecified atom stereocenters. The molecule has 0 aliphatic heterocycles. The maximum Gasteiger partial charge on any atom is 0.160 e. The third-order valence-corrected chi connectivity index (χ3v) is 2.33. The van der Waals surface area contributed by atoms with Crippen LogP contribution >= 0.6 is 0 Å². The molecular weight excluding hydrogens is 240 g/mol. The van der Waals surface area contributed by atoms with Gasteiger partial charge in [-0.25, -0.2) is 8.78 Å². The summed E-state index contributed by atoms with van der Waals surface area (Å²) in [6.45, 7) is 5.52. The molecule has 0 saturated carbocycles.